The van der Waals surface area contributed by atoms with Gasteiger partial charge in [-0.1, -0.05) is 18.9 Å². The zero-order valence-electron chi connectivity index (χ0n) is 13.8. The maximum Gasteiger partial charge on any atom is 0.255 e. The molecule has 1 atom stereocenters. The average molecular weight is 308 g/mol. The van der Waals surface area contributed by atoms with Crippen LogP contribution < -0.4 is 9.30 Å². The number of ether oxygens (including phenoxy) is 1. The van der Waals surface area contributed by atoms with Crippen molar-refractivity contribution in [1.29, 1.82) is 0 Å². The van der Waals surface area contributed by atoms with Crippen molar-refractivity contribution in [3.8, 4) is 5.75 Å². The van der Waals surface area contributed by atoms with E-state index in [4.69, 9.17) is 4.74 Å². The smallest absolute Gasteiger partial charge is 0.255 e. The molecule has 1 aromatic carbocycles. The monoisotopic (exact) mass is 308 g/mol. The molecule has 0 amide bonds. The minimum atomic E-state index is 0.777. The first-order valence-corrected chi connectivity index (χ1v) is 9.48. The molecule has 2 bridgehead atoms. The molecule has 4 aliphatic rings. The third-order valence-electron chi connectivity index (χ3n) is 6.51. The Hall–Kier alpha value is -1.57. The van der Waals surface area contributed by atoms with Gasteiger partial charge in [-0.25, -0.2) is 0 Å². The highest BCUT2D eigenvalue weighted by Crippen LogP contribution is 2.49. The van der Waals surface area contributed by atoms with Gasteiger partial charge in [0.05, 0.1) is 12.0 Å². The standard InChI is InChI=1S/C21H26NO/c1-2-13-23-20-5-3-4-17-10-11-19(22(12-1)21(17)20)18-14-15-6-8-16(18)9-7-15/h3-5,10-11,15-16,18H,1-2,6-9,12-14H2/q+1. The number of fused-ring (bicyclic) bond motifs is 3. The van der Waals surface area contributed by atoms with Gasteiger partial charge < -0.3 is 4.74 Å². The second-order valence-electron chi connectivity index (χ2n) is 7.78. The fraction of sp³-hybridized carbons (Fsp3) is 0.571. The van der Waals surface area contributed by atoms with Gasteiger partial charge in [0, 0.05) is 18.4 Å². The van der Waals surface area contributed by atoms with Crippen molar-refractivity contribution < 1.29 is 9.30 Å². The fourth-order valence-electron chi connectivity index (χ4n) is 5.33. The third-order valence-corrected chi connectivity index (χ3v) is 6.51. The molecule has 0 radical (unpaired) electrons. The quantitative estimate of drug-likeness (QED) is 0.702. The molecule has 6 rings (SSSR count). The van der Waals surface area contributed by atoms with Crippen LogP contribution in [0.1, 0.15) is 56.6 Å². The van der Waals surface area contributed by atoms with Crippen LogP contribution in [0.25, 0.3) is 10.9 Å². The molecule has 2 nitrogen and oxygen atoms in total. The highest BCUT2D eigenvalue weighted by Gasteiger charge is 2.40. The molecule has 23 heavy (non-hydrogen) atoms. The Balaban J connectivity index is 1.68. The Morgan fingerprint density at radius 3 is 2.70 bits per heavy atom. The van der Waals surface area contributed by atoms with Crippen molar-refractivity contribution in [2.75, 3.05) is 6.61 Å². The summed E-state index contributed by atoms with van der Waals surface area (Å²) in [4.78, 5) is 0. The summed E-state index contributed by atoms with van der Waals surface area (Å²) in [5.41, 5.74) is 2.93. The molecular formula is C21H26NO+. The highest BCUT2D eigenvalue weighted by molar-refractivity contribution is 5.81. The molecule has 120 valence electrons. The van der Waals surface area contributed by atoms with Crippen molar-refractivity contribution in [3.63, 3.8) is 0 Å². The van der Waals surface area contributed by atoms with Crippen LogP contribution in [0.15, 0.2) is 30.3 Å². The van der Waals surface area contributed by atoms with Gasteiger partial charge in [-0.15, -0.1) is 0 Å². The van der Waals surface area contributed by atoms with Gasteiger partial charge in [0.15, 0.2) is 11.4 Å². The van der Waals surface area contributed by atoms with Gasteiger partial charge in [-0.2, -0.15) is 4.57 Å². The normalized spacial score (nSPS) is 29.8. The maximum absolute atomic E-state index is 6.08. The van der Waals surface area contributed by atoms with E-state index in [2.05, 4.69) is 34.9 Å². The van der Waals surface area contributed by atoms with Crippen LogP contribution in [0, 0.1) is 11.8 Å². The van der Waals surface area contributed by atoms with Gasteiger partial charge in [0.2, 0.25) is 0 Å². The summed E-state index contributed by atoms with van der Waals surface area (Å²) < 4.78 is 8.70. The van der Waals surface area contributed by atoms with E-state index < -0.39 is 0 Å². The molecule has 2 heterocycles. The summed E-state index contributed by atoms with van der Waals surface area (Å²) in [5, 5.41) is 1.33. The summed E-state index contributed by atoms with van der Waals surface area (Å²) in [7, 11) is 0. The number of para-hydroxylation sites is 1. The summed E-state index contributed by atoms with van der Waals surface area (Å²) in [6.45, 7) is 2.01. The van der Waals surface area contributed by atoms with Crippen LogP contribution in [0.3, 0.4) is 0 Å². The highest BCUT2D eigenvalue weighted by atomic mass is 16.5. The first kappa shape index (κ1) is 13.8. The van der Waals surface area contributed by atoms with Crippen molar-refractivity contribution in [3.05, 3.63) is 36.0 Å². The minimum absolute atomic E-state index is 0.777. The van der Waals surface area contributed by atoms with Gasteiger partial charge >= 0.3 is 0 Å². The second-order valence-corrected chi connectivity index (χ2v) is 7.78. The van der Waals surface area contributed by atoms with Crippen LogP contribution in [0.2, 0.25) is 0 Å². The number of aryl methyl sites for hydroxylation is 1. The van der Waals surface area contributed by atoms with E-state index in [1.165, 1.54) is 49.4 Å². The van der Waals surface area contributed by atoms with E-state index in [1.54, 1.807) is 5.69 Å². The van der Waals surface area contributed by atoms with Crippen LogP contribution in [-0.2, 0) is 6.54 Å². The largest absolute Gasteiger partial charge is 0.487 e. The van der Waals surface area contributed by atoms with Crippen LogP contribution in [0.5, 0.6) is 5.75 Å². The van der Waals surface area contributed by atoms with E-state index in [1.807, 2.05) is 0 Å². The number of hydrogen-bond donors (Lipinski definition) is 0. The number of hydrogen-bond acceptors (Lipinski definition) is 1. The summed E-state index contributed by atoms with van der Waals surface area (Å²) in [6.07, 6.45) is 9.66. The molecule has 2 aromatic rings. The molecule has 1 aromatic heterocycles. The van der Waals surface area contributed by atoms with Crippen LogP contribution in [0.4, 0.5) is 0 Å². The molecule has 1 aliphatic heterocycles. The van der Waals surface area contributed by atoms with E-state index in [0.717, 1.165) is 43.1 Å². The summed E-state index contributed by atoms with van der Waals surface area (Å²) in [6, 6.07) is 11.3. The molecule has 0 saturated heterocycles. The lowest BCUT2D eigenvalue weighted by molar-refractivity contribution is -0.682. The van der Waals surface area contributed by atoms with Gasteiger partial charge in [0.1, 0.15) is 6.54 Å². The Kier molecular flexibility index (Phi) is 3.31. The van der Waals surface area contributed by atoms with E-state index in [9.17, 15) is 0 Å². The Labute approximate surface area is 138 Å². The number of rotatable bonds is 1. The molecule has 0 N–H and O–H groups in total. The number of pyridine rings is 1. The average Bonchev–Trinajstić information content (AvgIpc) is 2.60. The van der Waals surface area contributed by atoms with Crippen LogP contribution in [-0.4, -0.2) is 6.61 Å². The lowest BCUT2D eigenvalue weighted by Gasteiger charge is -2.41. The maximum atomic E-state index is 6.08. The first-order chi connectivity index (χ1) is 11.4. The van der Waals surface area contributed by atoms with Crippen molar-refractivity contribution in [2.45, 2.75) is 57.4 Å². The molecule has 2 heteroatoms. The predicted molar refractivity (Wildman–Crippen MR) is 91.7 cm³/mol. The summed E-state index contributed by atoms with van der Waals surface area (Å²) in [5.74, 6) is 3.76. The molecular weight excluding hydrogens is 282 g/mol. The van der Waals surface area contributed by atoms with Gasteiger partial charge in [0.25, 0.3) is 5.52 Å². The fourth-order valence-corrected chi connectivity index (χ4v) is 5.33. The summed E-state index contributed by atoms with van der Waals surface area (Å²) >= 11 is 0. The van der Waals surface area contributed by atoms with Crippen molar-refractivity contribution >= 4 is 10.9 Å². The Bertz CT molecular complexity index is 730. The first-order valence-electron chi connectivity index (χ1n) is 9.48. The van der Waals surface area contributed by atoms with Crippen LogP contribution >= 0.6 is 0 Å². The molecule has 1 unspecified atom stereocenters. The molecule has 0 spiro atoms. The van der Waals surface area contributed by atoms with Crippen molar-refractivity contribution in [2.24, 2.45) is 11.8 Å². The van der Waals surface area contributed by atoms with E-state index >= 15 is 0 Å². The van der Waals surface area contributed by atoms with E-state index in [-0.39, 0.29) is 0 Å². The SMILES string of the molecule is c1cc2c3c(c1)ccc(C1CC4CCC1CC4)[n+]3CCCCO2. The van der Waals surface area contributed by atoms with Crippen molar-refractivity contribution in [1.82, 2.24) is 0 Å². The minimum Gasteiger partial charge on any atom is -0.487 e. The Morgan fingerprint density at radius 2 is 1.87 bits per heavy atom. The molecule has 3 aliphatic carbocycles. The molecule has 3 saturated carbocycles. The Morgan fingerprint density at radius 1 is 0.957 bits per heavy atom. The van der Waals surface area contributed by atoms with Gasteiger partial charge in [-0.05, 0) is 55.7 Å². The van der Waals surface area contributed by atoms with Gasteiger partial charge in [-0.3, -0.25) is 0 Å². The molecule has 3 fully saturated rings. The zero-order chi connectivity index (χ0) is 15.2. The lowest BCUT2D eigenvalue weighted by atomic mass is 9.63. The third kappa shape index (κ3) is 2.26. The topological polar surface area (TPSA) is 13.1 Å². The number of benzene rings is 1. The second kappa shape index (κ2) is 5.51. The zero-order valence-corrected chi connectivity index (χ0v) is 13.8. The number of aromatic nitrogens is 1. The van der Waals surface area contributed by atoms with E-state index in [0.29, 0.717) is 0 Å². The predicted octanol–water partition coefficient (Wildman–Crippen LogP) is 4.59. The lowest BCUT2D eigenvalue weighted by Crippen LogP contribution is -2.45. The number of nitrogens with zero attached hydrogens (tertiary/aromatic N) is 1.